The summed E-state index contributed by atoms with van der Waals surface area (Å²) in [6.45, 7) is 7.73. The fraction of sp³-hybridized carbons (Fsp3) is 0.421. The van der Waals surface area contributed by atoms with Crippen molar-refractivity contribution in [2.24, 2.45) is 0 Å². The summed E-state index contributed by atoms with van der Waals surface area (Å²) in [5.41, 5.74) is 0.455. The van der Waals surface area contributed by atoms with Crippen LogP contribution in [0.1, 0.15) is 60.7 Å². The molecule has 0 fully saturated rings. The number of rotatable bonds is 5. The van der Waals surface area contributed by atoms with Crippen LogP contribution in [0.4, 0.5) is 0 Å². The van der Waals surface area contributed by atoms with E-state index >= 15 is 0 Å². The maximum absolute atomic E-state index is 12.3. The molecule has 6 heteroatoms. The van der Waals surface area contributed by atoms with Crippen LogP contribution < -0.4 is 10.9 Å². The van der Waals surface area contributed by atoms with Crippen LogP contribution in [-0.2, 0) is 5.41 Å². The van der Waals surface area contributed by atoms with Crippen LogP contribution in [-0.4, -0.2) is 27.5 Å². The molecule has 0 aliphatic rings. The molecule has 2 rings (SSSR count). The van der Waals surface area contributed by atoms with Gasteiger partial charge in [0.2, 0.25) is 0 Å². The molecule has 6 nitrogen and oxygen atoms in total. The Balaban J connectivity index is 2.03. The number of nitrogens with one attached hydrogen (secondary N) is 2. The summed E-state index contributed by atoms with van der Waals surface area (Å²) in [6, 6.07) is 9.24. The molecule has 0 saturated heterocycles. The number of aromatic nitrogens is 2. The van der Waals surface area contributed by atoms with E-state index in [0.29, 0.717) is 17.9 Å². The first-order valence-corrected chi connectivity index (χ1v) is 8.32. The Morgan fingerprint density at radius 3 is 2.48 bits per heavy atom. The van der Waals surface area contributed by atoms with E-state index in [4.69, 9.17) is 0 Å². The van der Waals surface area contributed by atoms with E-state index in [0.717, 1.165) is 5.56 Å². The Hall–Kier alpha value is -2.47. The van der Waals surface area contributed by atoms with Gasteiger partial charge in [-0.05, 0) is 18.9 Å². The van der Waals surface area contributed by atoms with Crippen LogP contribution in [0.3, 0.4) is 0 Å². The number of aryl methyl sites for hydroxylation is 1. The summed E-state index contributed by atoms with van der Waals surface area (Å²) in [4.78, 5) is 31.6. The van der Waals surface area contributed by atoms with Gasteiger partial charge in [-0.15, -0.1) is 0 Å². The lowest BCUT2D eigenvalue weighted by Crippen LogP contribution is -2.34. The van der Waals surface area contributed by atoms with Crippen molar-refractivity contribution in [3.63, 3.8) is 0 Å². The highest BCUT2D eigenvalue weighted by atomic mass is 16.3. The molecular weight excluding hydrogens is 318 g/mol. The maximum Gasteiger partial charge on any atom is 0.264 e. The van der Waals surface area contributed by atoms with Gasteiger partial charge >= 0.3 is 0 Å². The number of hydrogen-bond acceptors (Lipinski definition) is 4. The van der Waals surface area contributed by atoms with E-state index in [2.05, 4.69) is 15.3 Å². The van der Waals surface area contributed by atoms with Crippen molar-refractivity contribution in [3.8, 4) is 0 Å². The van der Waals surface area contributed by atoms with Gasteiger partial charge in [-0.25, -0.2) is 4.98 Å². The second-order valence-corrected chi connectivity index (χ2v) is 7.10. The van der Waals surface area contributed by atoms with Crippen molar-refractivity contribution in [2.45, 2.75) is 45.6 Å². The molecule has 0 aliphatic heterocycles. The van der Waals surface area contributed by atoms with Gasteiger partial charge in [-0.1, -0.05) is 51.1 Å². The molecule has 1 heterocycles. The number of H-pyrrole nitrogens is 1. The third-order valence-electron chi connectivity index (χ3n) is 3.93. The monoisotopic (exact) mass is 343 g/mol. The molecule has 1 unspecified atom stereocenters. The highest BCUT2D eigenvalue weighted by Gasteiger charge is 2.22. The number of benzene rings is 1. The minimum absolute atomic E-state index is 0.0159. The molecule has 2 aromatic rings. The average molecular weight is 343 g/mol. The number of hydrogen-bond donors (Lipinski definition) is 3. The fourth-order valence-corrected chi connectivity index (χ4v) is 2.46. The van der Waals surface area contributed by atoms with E-state index in [1.807, 2.05) is 51.1 Å². The van der Waals surface area contributed by atoms with Crippen LogP contribution >= 0.6 is 0 Å². The smallest absolute Gasteiger partial charge is 0.264 e. The first-order valence-electron chi connectivity index (χ1n) is 8.32. The lowest BCUT2D eigenvalue weighted by Gasteiger charge is -2.18. The highest BCUT2D eigenvalue weighted by Crippen LogP contribution is 2.17. The average Bonchev–Trinajstić information content (AvgIpc) is 2.54. The summed E-state index contributed by atoms with van der Waals surface area (Å²) in [6.07, 6.45) is -0.303. The van der Waals surface area contributed by atoms with Crippen molar-refractivity contribution >= 4 is 5.91 Å². The lowest BCUT2D eigenvalue weighted by molar-refractivity contribution is 0.0940. The van der Waals surface area contributed by atoms with Gasteiger partial charge in [0.25, 0.3) is 11.5 Å². The molecule has 25 heavy (non-hydrogen) atoms. The second-order valence-electron chi connectivity index (χ2n) is 7.10. The Morgan fingerprint density at radius 2 is 1.92 bits per heavy atom. The molecule has 1 amide bonds. The van der Waals surface area contributed by atoms with Gasteiger partial charge in [0.1, 0.15) is 11.4 Å². The third-order valence-corrected chi connectivity index (χ3v) is 3.93. The van der Waals surface area contributed by atoms with Gasteiger partial charge in [0.15, 0.2) is 0 Å². The number of aliphatic hydroxyl groups excluding tert-OH is 1. The summed E-state index contributed by atoms with van der Waals surface area (Å²) in [7, 11) is 0. The van der Waals surface area contributed by atoms with Crippen LogP contribution in [0.25, 0.3) is 0 Å². The zero-order valence-corrected chi connectivity index (χ0v) is 15.1. The van der Waals surface area contributed by atoms with Gasteiger partial charge < -0.3 is 15.4 Å². The quantitative estimate of drug-likeness (QED) is 0.776. The zero-order valence-electron chi connectivity index (χ0n) is 15.1. The van der Waals surface area contributed by atoms with Crippen molar-refractivity contribution in [3.05, 3.63) is 63.3 Å². The van der Waals surface area contributed by atoms with Crippen LogP contribution in [0.5, 0.6) is 0 Å². The van der Waals surface area contributed by atoms with Crippen LogP contribution in [0, 0.1) is 6.92 Å². The third kappa shape index (κ3) is 4.76. The van der Waals surface area contributed by atoms with Crippen LogP contribution in [0.2, 0.25) is 0 Å². The molecule has 0 saturated carbocycles. The highest BCUT2D eigenvalue weighted by molar-refractivity contribution is 5.94. The first kappa shape index (κ1) is 18.9. The van der Waals surface area contributed by atoms with Crippen LogP contribution in [0.15, 0.2) is 35.1 Å². The number of carbonyl (C=O) groups is 1. The summed E-state index contributed by atoms with van der Waals surface area (Å²) >= 11 is 0. The number of aromatic amines is 1. The van der Waals surface area contributed by atoms with E-state index in [9.17, 15) is 14.7 Å². The summed E-state index contributed by atoms with van der Waals surface area (Å²) < 4.78 is 0. The predicted molar refractivity (Wildman–Crippen MR) is 96.6 cm³/mol. The van der Waals surface area contributed by atoms with Crippen molar-refractivity contribution in [2.75, 3.05) is 6.54 Å². The zero-order chi connectivity index (χ0) is 18.6. The Kier molecular flexibility index (Phi) is 5.74. The van der Waals surface area contributed by atoms with Crippen molar-refractivity contribution in [1.82, 2.24) is 15.3 Å². The molecule has 3 N–H and O–H groups in total. The van der Waals surface area contributed by atoms with Crippen molar-refractivity contribution < 1.29 is 9.90 Å². The molecule has 1 atom stereocenters. The van der Waals surface area contributed by atoms with E-state index < -0.39 is 17.6 Å². The normalized spacial score (nSPS) is 12.7. The van der Waals surface area contributed by atoms with Gasteiger partial charge in [0.05, 0.1) is 11.8 Å². The largest absolute Gasteiger partial charge is 0.388 e. The van der Waals surface area contributed by atoms with Crippen molar-refractivity contribution in [1.29, 1.82) is 0 Å². The molecule has 1 aromatic carbocycles. The molecule has 0 spiro atoms. The topological polar surface area (TPSA) is 95.1 Å². The van der Waals surface area contributed by atoms with E-state index in [1.54, 1.807) is 6.92 Å². The van der Waals surface area contributed by atoms with E-state index in [-0.39, 0.29) is 17.5 Å². The van der Waals surface area contributed by atoms with Gasteiger partial charge in [-0.2, -0.15) is 0 Å². The second kappa shape index (κ2) is 7.61. The SMILES string of the molecule is Cc1nc(C(C)(C)C)[nH]c(=O)c1C(=O)NCCC(O)c1ccccc1. The minimum atomic E-state index is -0.665. The summed E-state index contributed by atoms with van der Waals surface area (Å²) in [5.74, 6) is 0.0676. The standard InChI is InChI=1S/C19H25N3O3/c1-12-15(17(25)22-18(21-12)19(2,3)4)16(24)20-11-10-14(23)13-8-6-5-7-9-13/h5-9,14,23H,10-11H2,1-4H3,(H,20,24)(H,21,22,25). The molecule has 0 bridgehead atoms. The van der Waals surface area contributed by atoms with E-state index in [1.165, 1.54) is 0 Å². The Labute approximate surface area is 147 Å². The summed E-state index contributed by atoms with van der Waals surface area (Å²) in [5, 5.41) is 12.8. The predicted octanol–water partition coefficient (Wildman–Crippen LogP) is 2.23. The number of amides is 1. The molecule has 0 radical (unpaired) electrons. The van der Waals surface area contributed by atoms with Gasteiger partial charge in [0, 0.05) is 12.0 Å². The molecule has 0 aliphatic carbocycles. The number of nitrogens with zero attached hydrogens (tertiary/aromatic N) is 1. The lowest BCUT2D eigenvalue weighted by atomic mass is 9.95. The molecule has 134 valence electrons. The number of aliphatic hydroxyl groups is 1. The Bertz CT molecular complexity index is 792. The maximum atomic E-state index is 12.3. The van der Waals surface area contributed by atoms with Gasteiger partial charge in [-0.3, -0.25) is 9.59 Å². The fourth-order valence-electron chi connectivity index (χ4n) is 2.46. The number of carbonyl (C=O) groups excluding carboxylic acids is 1. The molecular formula is C19H25N3O3. The Morgan fingerprint density at radius 1 is 1.28 bits per heavy atom. The minimum Gasteiger partial charge on any atom is -0.388 e. The molecule has 1 aromatic heterocycles. The first-order chi connectivity index (χ1) is 11.7.